The van der Waals surface area contributed by atoms with Gasteiger partial charge in [0.05, 0.1) is 24.5 Å². The summed E-state index contributed by atoms with van der Waals surface area (Å²) < 4.78 is 7.20. The first-order valence-corrected chi connectivity index (χ1v) is 7.34. The predicted octanol–water partition coefficient (Wildman–Crippen LogP) is 1.81. The molecule has 0 fully saturated rings. The number of hydrogen-bond acceptors (Lipinski definition) is 4. The topological polar surface area (TPSA) is 62.6 Å². The minimum Gasteiger partial charge on any atom is -0.491 e. The monoisotopic (exact) mass is 296 g/mol. The number of fused-ring (bicyclic) bond motifs is 2. The van der Waals surface area contributed by atoms with Gasteiger partial charge in [-0.2, -0.15) is 0 Å². The number of H-pyrrole nitrogens is 1. The van der Waals surface area contributed by atoms with Crippen molar-refractivity contribution < 1.29 is 4.74 Å². The van der Waals surface area contributed by atoms with Gasteiger partial charge in [-0.25, -0.2) is 9.50 Å². The summed E-state index contributed by atoms with van der Waals surface area (Å²) in [4.78, 5) is 18.8. The number of benzene rings is 1. The van der Waals surface area contributed by atoms with E-state index in [1.54, 1.807) is 18.3 Å². The van der Waals surface area contributed by atoms with Gasteiger partial charge in [-0.3, -0.25) is 9.89 Å². The summed E-state index contributed by atoms with van der Waals surface area (Å²) in [7, 11) is 0. The Morgan fingerprint density at radius 3 is 3.14 bits per heavy atom. The maximum atomic E-state index is 12.1. The van der Waals surface area contributed by atoms with Crippen LogP contribution in [0.25, 0.3) is 5.65 Å². The molecule has 0 aliphatic carbocycles. The number of nitrogens with zero attached hydrogens (tertiary/aromatic N) is 3. The minimum absolute atomic E-state index is 0.0932. The van der Waals surface area contributed by atoms with Crippen molar-refractivity contribution in [2.24, 2.45) is 0 Å². The van der Waals surface area contributed by atoms with Gasteiger partial charge in [0.2, 0.25) is 0 Å². The van der Waals surface area contributed by atoms with Crippen molar-refractivity contribution >= 4 is 11.3 Å². The SMILES string of the molecule is O=c1cc(CN2CCCOc3ccccc32)nc2cc[nH]n12. The molecule has 2 aromatic heterocycles. The fourth-order valence-corrected chi connectivity index (χ4v) is 2.82. The highest BCUT2D eigenvalue weighted by molar-refractivity contribution is 5.59. The number of hydrogen-bond donors (Lipinski definition) is 1. The standard InChI is InChI=1S/C16H16N4O2/c21-16-10-12(18-15-6-7-17-20(15)16)11-19-8-3-9-22-14-5-2-1-4-13(14)19/h1-2,4-7,10,17H,3,8-9,11H2. The molecule has 6 nitrogen and oxygen atoms in total. The van der Waals surface area contributed by atoms with Crippen LogP contribution in [-0.4, -0.2) is 27.7 Å². The van der Waals surface area contributed by atoms with Gasteiger partial charge < -0.3 is 9.64 Å². The Kier molecular flexibility index (Phi) is 3.07. The van der Waals surface area contributed by atoms with Crippen molar-refractivity contribution in [2.75, 3.05) is 18.1 Å². The van der Waals surface area contributed by atoms with E-state index in [1.807, 2.05) is 24.3 Å². The zero-order valence-corrected chi connectivity index (χ0v) is 12.0. The molecular weight excluding hydrogens is 280 g/mol. The highest BCUT2D eigenvalue weighted by Gasteiger charge is 2.17. The molecule has 3 heterocycles. The molecule has 1 N–H and O–H groups in total. The minimum atomic E-state index is -0.0932. The molecule has 0 radical (unpaired) electrons. The fraction of sp³-hybridized carbons (Fsp3) is 0.250. The quantitative estimate of drug-likeness (QED) is 0.783. The smallest absolute Gasteiger partial charge is 0.272 e. The van der Waals surface area contributed by atoms with E-state index in [9.17, 15) is 4.79 Å². The second-order valence-electron chi connectivity index (χ2n) is 5.33. The van der Waals surface area contributed by atoms with Crippen LogP contribution in [0.1, 0.15) is 12.1 Å². The zero-order valence-electron chi connectivity index (χ0n) is 12.0. The lowest BCUT2D eigenvalue weighted by molar-refractivity contribution is 0.322. The Hall–Kier alpha value is -2.76. The van der Waals surface area contributed by atoms with Crippen molar-refractivity contribution in [2.45, 2.75) is 13.0 Å². The van der Waals surface area contributed by atoms with Crippen LogP contribution in [0.2, 0.25) is 0 Å². The number of ether oxygens (including phenoxy) is 1. The molecule has 3 aromatic rings. The molecule has 0 bridgehead atoms. The summed E-state index contributed by atoms with van der Waals surface area (Å²) in [5.41, 5.74) is 2.36. The Morgan fingerprint density at radius 2 is 2.18 bits per heavy atom. The van der Waals surface area contributed by atoms with Crippen LogP contribution in [0, 0.1) is 0 Å². The van der Waals surface area contributed by atoms with Crippen LogP contribution in [0.4, 0.5) is 5.69 Å². The van der Waals surface area contributed by atoms with E-state index in [1.165, 1.54) is 4.52 Å². The third-order valence-corrected chi connectivity index (χ3v) is 3.82. The summed E-state index contributed by atoms with van der Waals surface area (Å²) in [6.45, 7) is 2.18. The van der Waals surface area contributed by atoms with Gasteiger partial charge >= 0.3 is 0 Å². The number of aromatic amines is 1. The summed E-state index contributed by atoms with van der Waals surface area (Å²) in [5.74, 6) is 0.888. The van der Waals surface area contributed by atoms with Crippen LogP contribution in [0.5, 0.6) is 5.75 Å². The Balaban J connectivity index is 1.71. The van der Waals surface area contributed by atoms with E-state index in [0.29, 0.717) is 18.8 Å². The molecule has 1 aromatic carbocycles. The predicted molar refractivity (Wildman–Crippen MR) is 83.4 cm³/mol. The number of aromatic nitrogens is 3. The number of para-hydroxylation sites is 2. The third-order valence-electron chi connectivity index (χ3n) is 3.82. The average molecular weight is 296 g/mol. The van der Waals surface area contributed by atoms with Gasteiger partial charge in [-0.1, -0.05) is 12.1 Å². The summed E-state index contributed by atoms with van der Waals surface area (Å²) >= 11 is 0. The Bertz CT molecular complexity index is 868. The van der Waals surface area contributed by atoms with Crippen LogP contribution in [0.15, 0.2) is 47.4 Å². The molecule has 0 saturated carbocycles. The summed E-state index contributed by atoms with van der Waals surface area (Å²) in [5, 5.41) is 2.85. The van der Waals surface area contributed by atoms with Crippen LogP contribution in [-0.2, 0) is 6.54 Å². The van der Waals surface area contributed by atoms with Gasteiger partial charge in [-0.05, 0) is 18.6 Å². The first kappa shape index (κ1) is 12.9. The van der Waals surface area contributed by atoms with Crippen molar-refractivity contribution in [3.63, 3.8) is 0 Å². The molecule has 0 atom stereocenters. The van der Waals surface area contributed by atoms with E-state index in [4.69, 9.17) is 4.74 Å². The maximum absolute atomic E-state index is 12.1. The number of anilines is 1. The number of nitrogens with one attached hydrogen (secondary N) is 1. The molecule has 1 aliphatic rings. The van der Waals surface area contributed by atoms with Gasteiger partial charge in [0.15, 0.2) is 5.65 Å². The van der Waals surface area contributed by atoms with Crippen LogP contribution < -0.4 is 15.2 Å². The van der Waals surface area contributed by atoms with Crippen molar-refractivity contribution in [3.8, 4) is 5.75 Å². The average Bonchev–Trinajstić information content (AvgIpc) is 2.91. The lowest BCUT2D eigenvalue weighted by atomic mass is 10.2. The normalized spacial score (nSPS) is 14.5. The van der Waals surface area contributed by atoms with E-state index >= 15 is 0 Å². The van der Waals surface area contributed by atoms with Crippen molar-refractivity contribution in [1.29, 1.82) is 0 Å². The Morgan fingerprint density at radius 1 is 1.27 bits per heavy atom. The highest BCUT2D eigenvalue weighted by Crippen LogP contribution is 2.31. The lowest BCUT2D eigenvalue weighted by Gasteiger charge is -2.23. The molecule has 0 spiro atoms. The van der Waals surface area contributed by atoms with Crippen LogP contribution in [0.3, 0.4) is 0 Å². The molecule has 22 heavy (non-hydrogen) atoms. The second kappa shape index (κ2) is 5.22. The van der Waals surface area contributed by atoms with Gasteiger partial charge in [-0.15, -0.1) is 0 Å². The van der Waals surface area contributed by atoms with Gasteiger partial charge in [0, 0.05) is 24.9 Å². The molecular formula is C16H16N4O2. The zero-order chi connectivity index (χ0) is 14.9. The van der Waals surface area contributed by atoms with E-state index in [-0.39, 0.29) is 5.56 Å². The molecule has 0 saturated heterocycles. The highest BCUT2D eigenvalue weighted by atomic mass is 16.5. The van der Waals surface area contributed by atoms with Crippen molar-refractivity contribution in [1.82, 2.24) is 14.6 Å². The first-order valence-electron chi connectivity index (χ1n) is 7.34. The third kappa shape index (κ3) is 2.22. The fourth-order valence-electron chi connectivity index (χ4n) is 2.82. The molecule has 4 rings (SSSR count). The molecule has 0 unspecified atom stereocenters. The van der Waals surface area contributed by atoms with Crippen molar-refractivity contribution in [3.05, 3.63) is 58.6 Å². The van der Waals surface area contributed by atoms with Crippen LogP contribution >= 0.6 is 0 Å². The summed E-state index contributed by atoms with van der Waals surface area (Å²) in [6, 6.07) is 11.4. The molecule has 1 aliphatic heterocycles. The Labute approximate surface area is 127 Å². The molecule has 0 amide bonds. The lowest BCUT2D eigenvalue weighted by Crippen LogP contribution is -2.25. The maximum Gasteiger partial charge on any atom is 0.272 e. The van der Waals surface area contributed by atoms with Gasteiger partial charge in [0.25, 0.3) is 5.56 Å². The first-order chi connectivity index (χ1) is 10.8. The molecule has 6 heteroatoms. The second-order valence-corrected chi connectivity index (χ2v) is 5.33. The van der Waals surface area contributed by atoms with E-state index < -0.39 is 0 Å². The number of rotatable bonds is 2. The van der Waals surface area contributed by atoms with Gasteiger partial charge in [0.1, 0.15) is 5.75 Å². The molecule has 112 valence electrons. The van der Waals surface area contributed by atoms with E-state index in [2.05, 4.69) is 15.0 Å². The summed E-state index contributed by atoms with van der Waals surface area (Å²) in [6.07, 6.45) is 2.66. The largest absolute Gasteiger partial charge is 0.491 e. The van der Waals surface area contributed by atoms with E-state index in [0.717, 1.165) is 30.1 Å².